The first-order valence-corrected chi connectivity index (χ1v) is 6.77. The molecule has 1 saturated heterocycles. The first-order chi connectivity index (χ1) is 7.06. The molecule has 96 valence electrons. The molecule has 0 spiro atoms. The number of halogens is 1. The number of nitrogens with two attached hydrogens (primary N) is 1. The number of rotatable bonds is 3. The lowest BCUT2D eigenvalue weighted by molar-refractivity contribution is -0.133. The molecule has 1 amide bonds. The molecule has 0 saturated carbocycles. The third-order valence-corrected chi connectivity index (χ3v) is 4.28. The lowest BCUT2D eigenvalue weighted by Crippen LogP contribution is -2.50. The molecule has 0 aromatic carbocycles. The first-order valence-electron chi connectivity index (χ1n) is 5.72. The van der Waals surface area contributed by atoms with E-state index in [9.17, 15) is 4.79 Å². The number of thioether (sulfide) groups is 1. The summed E-state index contributed by atoms with van der Waals surface area (Å²) < 4.78 is 0. The third-order valence-electron chi connectivity index (χ3n) is 2.91. The van der Waals surface area contributed by atoms with Crippen molar-refractivity contribution in [2.24, 2.45) is 11.7 Å². The SMILES string of the molecule is CCC1CN(C(=O)[C@H](N)C(C)C)CCS1.Cl. The Labute approximate surface area is 109 Å². The summed E-state index contributed by atoms with van der Waals surface area (Å²) in [6.07, 6.45) is 1.13. The van der Waals surface area contributed by atoms with Crippen molar-refractivity contribution in [3.8, 4) is 0 Å². The minimum atomic E-state index is -0.328. The van der Waals surface area contributed by atoms with Gasteiger partial charge in [0.1, 0.15) is 0 Å². The lowest BCUT2D eigenvalue weighted by atomic mass is 10.0. The van der Waals surface area contributed by atoms with Gasteiger partial charge in [0.05, 0.1) is 6.04 Å². The fourth-order valence-corrected chi connectivity index (χ4v) is 2.84. The zero-order valence-electron chi connectivity index (χ0n) is 10.3. The van der Waals surface area contributed by atoms with Crippen molar-refractivity contribution in [1.82, 2.24) is 4.90 Å². The van der Waals surface area contributed by atoms with Crippen molar-refractivity contribution in [1.29, 1.82) is 0 Å². The average Bonchev–Trinajstić information content (AvgIpc) is 2.27. The van der Waals surface area contributed by atoms with E-state index in [0.29, 0.717) is 5.25 Å². The Balaban J connectivity index is 0.00000225. The molecule has 0 aromatic rings. The summed E-state index contributed by atoms with van der Waals surface area (Å²) in [7, 11) is 0. The molecule has 2 atom stereocenters. The predicted molar refractivity (Wildman–Crippen MR) is 73.2 cm³/mol. The van der Waals surface area contributed by atoms with E-state index >= 15 is 0 Å². The molecule has 1 heterocycles. The fourth-order valence-electron chi connectivity index (χ4n) is 1.66. The van der Waals surface area contributed by atoms with E-state index in [2.05, 4.69) is 6.92 Å². The quantitative estimate of drug-likeness (QED) is 0.847. The monoisotopic (exact) mass is 266 g/mol. The maximum absolute atomic E-state index is 12.0. The Morgan fingerprint density at radius 1 is 1.56 bits per heavy atom. The van der Waals surface area contributed by atoms with Gasteiger partial charge in [-0.15, -0.1) is 12.4 Å². The van der Waals surface area contributed by atoms with Gasteiger partial charge in [-0.2, -0.15) is 11.8 Å². The van der Waals surface area contributed by atoms with Crippen molar-refractivity contribution in [3.05, 3.63) is 0 Å². The molecule has 0 bridgehead atoms. The van der Waals surface area contributed by atoms with Crippen molar-refractivity contribution in [2.45, 2.75) is 38.5 Å². The molecule has 2 N–H and O–H groups in total. The maximum atomic E-state index is 12.0. The summed E-state index contributed by atoms with van der Waals surface area (Å²) >= 11 is 1.97. The number of hydrogen-bond donors (Lipinski definition) is 1. The highest BCUT2D eigenvalue weighted by atomic mass is 35.5. The van der Waals surface area contributed by atoms with Crippen LogP contribution in [-0.2, 0) is 4.79 Å². The van der Waals surface area contributed by atoms with Crippen LogP contribution in [0.3, 0.4) is 0 Å². The summed E-state index contributed by atoms with van der Waals surface area (Å²) in [4.78, 5) is 13.9. The number of carbonyl (C=O) groups is 1. The van der Waals surface area contributed by atoms with Gasteiger partial charge >= 0.3 is 0 Å². The third kappa shape index (κ3) is 4.15. The van der Waals surface area contributed by atoms with Gasteiger partial charge in [0, 0.05) is 24.1 Å². The maximum Gasteiger partial charge on any atom is 0.239 e. The number of amides is 1. The zero-order chi connectivity index (χ0) is 11.4. The fraction of sp³-hybridized carbons (Fsp3) is 0.909. The minimum Gasteiger partial charge on any atom is -0.339 e. The van der Waals surface area contributed by atoms with E-state index in [1.807, 2.05) is 30.5 Å². The molecule has 3 nitrogen and oxygen atoms in total. The predicted octanol–water partition coefficient (Wildman–Crippen LogP) is 1.75. The topological polar surface area (TPSA) is 46.3 Å². The second kappa shape index (κ2) is 7.41. The van der Waals surface area contributed by atoms with Crippen LogP contribution in [0.1, 0.15) is 27.2 Å². The summed E-state index contributed by atoms with van der Waals surface area (Å²) in [5, 5.41) is 0.599. The van der Waals surface area contributed by atoms with Gasteiger partial charge in [-0.3, -0.25) is 4.79 Å². The second-order valence-electron chi connectivity index (χ2n) is 4.46. The first kappa shape index (κ1) is 16.1. The van der Waals surface area contributed by atoms with Crippen LogP contribution in [0, 0.1) is 5.92 Å². The highest BCUT2D eigenvalue weighted by Crippen LogP contribution is 2.21. The highest BCUT2D eigenvalue weighted by Gasteiger charge is 2.27. The van der Waals surface area contributed by atoms with Crippen LogP contribution in [0.25, 0.3) is 0 Å². The van der Waals surface area contributed by atoms with Crippen LogP contribution >= 0.6 is 24.2 Å². The van der Waals surface area contributed by atoms with Gasteiger partial charge in [-0.25, -0.2) is 0 Å². The number of carbonyl (C=O) groups excluding carboxylic acids is 1. The van der Waals surface area contributed by atoms with Crippen molar-refractivity contribution in [2.75, 3.05) is 18.8 Å². The summed E-state index contributed by atoms with van der Waals surface area (Å²) in [6.45, 7) is 7.91. The molecular formula is C11H23ClN2OS. The van der Waals surface area contributed by atoms with Crippen molar-refractivity contribution in [3.63, 3.8) is 0 Å². The molecule has 5 heteroatoms. The molecule has 1 fully saturated rings. The lowest BCUT2D eigenvalue weighted by Gasteiger charge is -2.34. The standard InChI is InChI=1S/C11H22N2OS.ClH/c1-4-9-7-13(5-6-15-9)11(14)10(12)8(2)3;/h8-10H,4-7,12H2,1-3H3;1H/t9?,10-;/m1./s1. The Bertz CT molecular complexity index is 226. The molecule has 1 aliphatic rings. The highest BCUT2D eigenvalue weighted by molar-refractivity contribution is 8.00. The van der Waals surface area contributed by atoms with E-state index in [1.165, 1.54) is 0 Å². The molecular weight excluding hydrogens is 244 g/mol. The molecule has 0 radical (unpaired) electrons. The Kier molecular flexibility index (Phi) is 7.44. The van der Waals surface area contributed by atoms with Gasteiger partial charge in [0.25, 0.3) is 0 Å². The van der Waals surface area contributed by atoms with Gasteiger partial charge in [0.2, 0.25) is 5.91 Å². The van der Waals surface area contributed by atoms with E-state index in [-0.39, 0.29) is 30.3 Å². The Morgan fingerprint density at radius 3 is 2.69 bits per heavy atom. The molecule has 0 aliphatic carbocycles. The van der Waals surface area contributed by atoms with Crippen molar-refractivity contribution >= 4 is 30.1 Å². The van der Waals surface area contributed by atoms with E-state index in [4.69, 9.17) is 5.73 Å². The molecule has 1 aliphatic heterocycles. The van der Waals surface area contributed by atoms with Gasteiger partial charge < -0.3 is 10.6 Å². The number of nitrogens with zero attached hydrogens (tertiary/aromatic N) is 1. The van der Waals surface area contributed by atoms with Crippen molar-refractivity contribution < 1.29 is 4.79 Å². The molecule has 1 rings (SSSR count). The largest absolute Gasteiger partial charge is 0.339 e. The van der Waals surface area contributed by atoms with Crippen LogP contribution in [-0.4, -0.2) is 40.9 Å². The van der Waals surface area contributed by atoms with Gasteiger partial charge in [-0.05, 0) is 12.3 Å². The smallest absolute Gasteiger partial charge is 0.239 e. The number of hydrogen-bond acceptors (Lipinski definition) is 3. The minimum absolute atomic E-state index is 0. The molecule has 0 aromatic heterocycles. The van der Waals surface area contributed by atoms with Crippen LogP contribution in [0.15, 0.2) is 0 Å². The molecule has 1 unspecified atom stereocenters. The van der Waals surface area contributed by atoms with E-state index in [0.717, 1.165) is 25.3 Å². The van der Waals surface area contributed by atoms with Crippen LogP contribution in [0.5, 0.6) is 0 Å². The second-order valence-corrected chi connectivity index (χ2v) is 5.86. The Hall–Kier alpha value is 0.0700. The van der Waals surface area contributed by atoms with E-state index in [1.54, 1.807) is 0 Å². The summed E-state index contributed by atoms with van der Waals surface area (Å²) in [5.74, 6) is 1.41. The van der Waals surface area contributed by atoms with Crippen LogP contribution in [0.4, 0.5) is 0 Å². The summed E-state index contributed by atoms with van der Waals surface area (Å²) in [6, 6.07) is -0.328. The average molecular weight is 267 g/mol. The Morgan fingerprint density at radius 2 is 2.19 bits per heavy atom. The van der Waals surface area contributed by atoms with Gasteiger partial charge in [-0.1, -0.05) is 20.8 Å². The van der Waals surface area contributed by atoms with Crippen LogP contribution in [0.2, 0.25) is 0 Å². The normalized spacial score (nSPS) is 22.8. The van der Waals surface area contributed by atoms with Gasteiger partial charge in [0.15, 0.2) is 0 Å². The van der Waals surface area contributed by atoms with E-state index < -0.39 is 0 Å². The zero-order valence-corrected chi connectivity index (χ0v) is 11.9. The van der Waals surface area contributed by atoms with Crippen LogP contribution < -0.4 is 5.73 Å². The summed E-state index contributed by atoms with van der Waals surface area (Å²) in [5.41, 5.74) is 5.88. The molecule has 16 heavy (non-hydrogen) atoms.